The molecule has 1 aliphatic rings. The normalized spacial score (nSPS) is 13.2. The van der Waals surface area contributed by atoms with Gasteiger partial charge in [-0.05, 0) is 68.4 Å². The van der Waals surface area contributed by atoms with Crippen molar-refractivity contribution in [2.24, 2.45) is 0 Å². The second-order valence-corrected chi connectivity index (χ2v) is 11.7. The van der Waals surface area contributed by atoms with Crippen LogP contribution in [-0.4, -0.2) is 38.0 Å². The summed E-state index contributed by atoms with van der Waals surface area (Å²) in [6.45, 7) is 1.81. The molecule has 0 radical (unpaired) electrons. The molecule has 9 nitrogen and oxygen atoms in total. The molecule has 5 rings (SSSR count). The molecule has 10 heteroatoms. The van der Waals surface area contributed by atoms with Crippen molar-refractivity contribution < 1.29 is 14.4 Å². The number of carbonyl (C=O) groups excluding carboxylic acids is 3. The topological polar surface area (TPSA) is 127 Å². The molecular formula is C34H34N6O3S. The lowest BCUT2D eigenvalue weighted by Gasteiger charge is -2.12. The predicted octanol–water partition coefficient (Wildman–Crippen LogP) is 6.47. The second kappa shape index (κ2) is 15.1. The van der Waals surface area contributed by atoms with Crippen LogP contribution in [0.4, 0.5) is 10.9 Å². The fraction of sp³-hybridized carbons (Fsp3) is 0.265. The molecule has 0 aliphatic heterocycles. The maximum absolute atomic E-state index is 13.0. The first-order chi connectivity index (χ1) is 21.4. The number of aryl methyl sites for hydroxylation is 2. The van der Waals surface area contributed by atoms with Gasteiger partial charge in [0.25, 0.3) is 0 Å². The van der Waals surface area contributed by atoms with Gasteiger partial charge in [-0.25, -0.2) is 0 Å². The minimum atomic E-state index is -0.474. The summed E-state index contributed by atoms with van der Waals surface area (Å²) in [5, 5.41) is 23.7. The van der Waals surface area contributed by atoms with Gasteiger partial charge in [-0.1, -0.05) is 78.1 Å². The molecule has 0 saturated carbocycles. The smallest absolute Gasteiger partial charge is 0.233 e. The molecule has 44 heavy (non-hydrogen) atoms. The molecule has 0 bridgehead atoms. The highest BCUT2D eigenvalue weighted by Gasteiger charge is 2.19. The number of anilines is 2. The van der Waals surface area contributed by atoms with Crippen molar-refractivity contribution >= 4 is 39.9 Å². The van der Waals surface area contributed by atoms with Crippen molar-refractivity contribution in [1.82, 2.24) is 20.4 Å². The summed E-state index contributed by atoms with van der Waals surface area (Å²) in [6, 6.07) is 19.9. The van der Waals surface area contributed by atoms with Crippen LogP contribution in [0.3, 0.4) is 0 Å². The third-order valence-electron chi connectivity index (χ3n) is 7.27. The van der Waals surface area contributed by atoms with Crippen LogP contribution in [0.1, 0.15) is 77.1 Å². The van der Waals surface area contributed by atoms with E-state index in [2.05, 4.69) is 43.2 Å². The first-order valence-corrected chi connectivity index (χ1v) is 15.6. The number of aromatic nitrogens is 4. The van der Waals surface area contributed by atoms with Crippen LogP contribution in [0.5, 0.6) is 0 Å². The Balaban J connectivity index is 1.04. The van der Waals surface area contributed by atoms with Gasteiger partial charge in [0.2, 0.25) is 16.9 Å². The van der Waals surface area contributed by atoms with E-state index in [1.54, 1.807) is 43.3 Å². The van der Waals surface area contributed by atoms with Crippen molar-refractivity contribution in [2.45, 2.75) is 57.8 Å². The number of nitrogens with one attached hydrogen (secondary N) is 2. The molecule has 0 fully saturated rings. The molecule has 1 unspecified atom stereocenters. The van der Waals surface area contributed by atoms with Gasteiger partial charge in [-0.2, -0.15) is 5.10 Å². The molecule has 1 aliphatic carbocycles. The van der Waals surface area contributed by atoms with Gasteiger partial charge in [0.15, 0.2) is 11.6 Å². The molecular weight excluding hydrogens is 572 g/mol. The molecule has 4 aromatic rings. The summed E-state index contributed by atoms with van der Waals surface area (Å²) in [5.74, 6) is -0.416. The van der Waals surface area contributed by atoms with Gasteiger partial charge in [0.05, 0.1) is 18.0 Å². The van der Waals surface area contributed by atoms with Crippen molar-refractivity contribution in [1.29, 1.82) is 0 Å². The zero-order chi connectivity index (χ0) is 30.7. The maximum Gasteiger partial charge on any atom is 0.233 e. The zero-order valence-corrected chi connectivity index (χ0v) is 25.3. The van der Waals surface area contributed by atoms with E-state index in [-0.39, 0.29) is 17.6 Å². The van der Waals surface area contributed by atoms with Gasteiger partial charge in [0, 0.05) is 17.5 Å². The minimum Gasteiger partial charge on any atom is -0.309 e. The van der Waals surface area contributed by atoms with E-state index < -0.39 is 5.92 Å². The fourth-order valence-corrected chi connectivity index (χ4v) is 5.57. The predicted molar refractivity (Wildman–Crippen MR) is 172 cm³/mol. The largest absolute Gasteiger partial charge is 0.309 e. The summed E-state index contributed by atoms with van der Waals surface area (Å²) in [4.78, 5) is 38.1. The van der Waals surface area contributed by atoms with Crippen molar-refractivity contribution in [3.8, 4) is 0 Å². The lowest BCUT2D eigenvalue weighted by molar-refractivity contribution is -0.117. The van der Waals surface area contributed by atoms with Crippen LogP contribution in [0.25, 0.3) is 0 Å². The Morgan fingerprint density at radius 2 is 1.66 bits per heavy atom. The fourth-order valence-electron chi connectivity index (χ4n) is 4.79. The Bertz CT molecular complexity index is 1660. The number of amides is 2. The number of nitrogens with zero attached hydrogens (tertiary/aromatic N) is 4. The zero-order valence-electron chi connectivity index (χ0n) is 24.5. The Hall–Kier alpha value is -4.83. The highest BCUT2D eigenvalue weighted by molar-refractivity contribution is 7.15. The maximum atomic E-state index is 13.0. The molecule has 2 heterocycles. The summed E-state index contributed by atoms with van der Waals surface area (Å²) in [7, 11) is 0. The Kier molecular flexibility index (Phi) is 10.5. The number of unbranched alkanes of at least 4 members (excludes halogenated alkanes) is 1. The van der Waals surface area contributed by atoms with E-state index >= 15 is 0 Å². The Morgan fingerprint density at radius 1 is 0.841 bits per heavy atom. The van der Waals surface area contributed by atoms with Gasteiger partial charge < -0.3 is 10.6 Å². The van der Waals surface area contributed by atoms with Crippen molar-refractivity contribution in [3.63, 3.8) is 0 Å². The summed E-state index contributed by atoms with van der Waals surface area (Å²) in [6.07, 6.45) is 11.8. The number of rotatable bonds is 13. The lowest BCUT2D eigenvalue weighted by atomic mass is 9.95. The van der Waals surface area contributed by atoms with Crippen molar-refractivity contribution in [3.05, 3.63) is 118 Å². The van der Waals surface area contributed by atoms with Crippen LogP contribution in [0, 0.1) is 0 Å². The summed E-state index contributed by atoms with van der Waals surface area (Å²) < 4.78 is 0. The van der Waals surface area contributed by atoms with Crippen LogP contribution in [0.2, 0.25) is 0 Å². The molecule has 0 saturated heterocycles. The molecule has 1 atom stereocenters. The molecule has 224 valence electrons. The number of hydrogen-bond acceptors (Lipinski definition) is 8. The molecule has 2 aromatic heterocycles. The average Bonchev–Trinajstić information content (AvgIpc) is 3.51. The first kappa shape index (κ1) is 30.6. The van der Waals surface area contributed by atoms with E-state index in [0.717, 1.165) is 60.4 Å². The van der Waals surface area contributed by atoms with Gasteiger partial charge in [-0.15, -0.1) is 15.3 Å². The van der Waals surface area contributed by atoms with E-state index in [1.807, 2.05) is 36.4 Å². The minimum absolute atomic E-state index is 0.0808. The van der Waals surface area contributed by atoms with E-state index in [9.17, 15) is 14.4 Å². The van der Waals surface area contributed by atoms with Crippen molar-refractivity contribution in [2.75, 3.05) is 10.6 Å². The highest BCUT2D eigenvalue weighted by atomic mass is 32.1. The molecule has 2 N–H and O–H groups in total. The number of benzene rings is 2. The molecule has 0 spiro atoms. The first-order valence-electron chi connectivity index (χ1n) is 14.8. The summed E-state index contributed by atoms with van der Waals surface area (Å²) in [5.41, 5.74) is 3.78. The van der Waals surface area contributed by atoms with Gasteiger partial charge in [0.1, 0.15) is 5.01 Å². The number of allylic oxidation sites excluding steroid dienone is 3. The number of ketones is 1. The Labute approximate surface area is 260 Å². The number of hydrogen-bond donors (Lipinski definition) is 2. The quantitative estimate of drug-likeness (QED) is 0.132. The lowest BCUT2D eigenvalue weighted by Crippen LogP contribution is -2.19. The molecule has 2 aromatic carbocycles. The molecule has 2 amide bonds. The number of carbonyl (C=O) groups is 3. The average molecular weight is 607 g/mol. The van der Waals surface area contributed by atoms with Crippen LogP contribution in [0.15, 0.2) is 90.5 Å². The second-order valence-electron chi connectivity index (χ2n) is 10.6. The monoisotopic (exact) mass is 606 g/mol. The van der Waals surface area contributed by atoms with E-state index in [0.29, 0.717) is 28.5 Å². The van der Waals surface area contributed by atoms with Gasteiger partial charge >= 0.3 is 0 Å². The standard InChI is InChI=1S/C34H34N6O3S/c1-23(26-15-10-16-27(22-26)32(42)25-13-6-3-7-14-25)33(43)36-34-40-39-31(44-34)18-9-8-17-28-19-20-29(38-37-28)35-30(41)21-24-11-4-2-5-12-24/h3-4,6-7,10-16,19-20,22-23H,2,5,8-9,17-18,21H2,1H3,(H,35,38,41)(H,36,40,43). The van der Waals surface area contributed by atoms with Gasteiger partial charge in [-0.3, -0.25) is 14.4 Å². The van der Waals surface area contributed by atoms with Crippen LogP contribution in [-0.2, 0) is 22.4 Å². The van der Waals surface area contributed by atoms with Crippen LogP contribution < -0.4 is 10.6 Å². The van der Waals surface area contributed by atoms with Crippen LogP contribution >= 0.6 is 11.3 Å². The third kappa shape index (κ3) is 8.61. The highest BCUT2D eigenvalue weighted by Crippen LogP contribution is 2.23. The third-order valence-corrected chi connectivity index (χ3v) is 8.17. The van der Waals surface area contributed by atoms with E-state index in [4.69, 9.17) is 0 Å². The summed E-state index contributed by atoms with van der Waals surface area (Å²) >= 11 is 1.36. The SMILES string of the molecule is CC(C(=O)Nc1nnc(CCCCc2ccc(NC(=O)CC3=CCCC=C3)nn2)s1)c1cccc(C(=O)c2ccccc2)c1. The Morgan fingerprint density at radius 3 is 2.43 bits per heavy atom. The van der Waals surface area contributed by atoms with E-state index in [1.165, 1.54) is 11.3 Å².